The van der Waals surface area contributed by atoms with Crippen LogP contribution in [0.15, 0.2) is 24.3 Å². The molecule has 16 heavy (non-hydrogen) atoms. The maximum Gasteiger partial charge on any atom is 0.186 e. The van der Waals surface area contributed by atoms with Crippen LogP contribution in [0.5, 0.6) is 5.75 Å². The lowest BCUT2D eigenvalue weighted by Crippen LogP contribution is -1.90. The van der Waals surface area contributed by atoms with Gasteiger partial charge in [-0.1, -0.05) is 23.9 Å². The number of hydrogen-bond acceptors (Lipinski definition) is 4. The molecule has 1 aromatic carbocycles. The number of thioether (sulfide) groups is 1. The van der Waals surface area contributed by atoms with Crippen LogP contribution in [-0.4, -0.2) is 18.0 Å². The van der Waals surface area contributed by atoms with Crippen molar-refractivity contribution in [2.24, 2.45) is 0 Å². The van der Waals surface area contributed by atoms with Crippen LogP contribution in [0.3, 0.4) is 0 Å². The summed E-state index contributed by atoms with van der Waals surface area (Å²) in [6.45, 7) is 1.56. The molecule has 0 saturated carbocycles. The molecule has 3 nitrogen and oxygen atoms in total. The van der Waals surface area contributed by atoms with Crippen molar-refractivity contribution in [3.63, 3.8) is 0 Å². The summed E-state index contributed by atoms with van der Waals surface area (Å²) in [7, 11) is 1.61. The second-order valence-electron chi connectivity index (χ2n) is 3.21. The highest BCUT2D eigenvalue weighted by molar-refractivity contribution is 8.13. The summed E-state index contributed by atoms with van der Waals surface area (Å²) in [6, 6.07) is 5.49. The lowest BCUT2D eigenvalue weighted by Gasteiger charge is -2.05. The van der Waals surface area contributed by atoms with Gasteiger partial charge in [0, 0.05) is 30.0 Å². The Labute approximate surface area is 99.7 Å². The summed E-state index contributed by atoms with van der Waals surface area (Å²) < 4.78 is 5.20. The normalized spacial score (nSPS) is 10.6. The summed E-state index contributed by atoms with van der Waals surface area (Å²) in [5, 5.41) is 0.119. The van der Waals surface area contributed by atoms with E-state index in [2.05, 4.69) is 0 Å². The van der Waals surface area contributed by atoms with Gasteiger partial charge in [-0.15, -0.1) is 0 Å². The van der Waals surface area contributed by atoms with Gasteiger partial charge in [-0.2, -0.15) is 0 Å². The number of nitrogen functional groups attached to an aromatic ring is 1. The first-order valence-electron chi connectivity index (χ1n) is 4.87. The molecule has 2 N–H and O–H groups in total. The maximum absolute atomic E-state index is 10.7. The number of benzene rings is 1. The topological polar surface area (TPSA) is 52.3 Å². The molecule has 0 unspecified atom stereocenters. The number of carbonyl (C=O) groups is 1. The molecule has 0 amide bonds. The summed E-state index contributed by atoms with van der Waals surface area (Å²) >= 11 is 1.28. The molecule has 1 rings (SSSR count). The van der Waals surface area contributed by atoms with Crippen molar-refractivity contribution in [2.75, 3.05) is 18.6 Å². The average molecular weight is 237 g/mol. The Balaban J connectivity index is 2.69. The Morgan fingerprint density at radius 2 is 2.31 bits per heavy atom. The number of anilines is 1. The molecule has 86 valence electrons. The molecule has 1 aromatic rings. The van der Waals surface area contributed by atoms with Gasteiger partial charge in [0.2, 0.25) is 0 Å². The lowest BCUT2D eigenvalue weighted by atomic mass is 10.1. The molecule has 0 bridgehead atoms. The Bertz CT molecular complexity index is 402. The molecular formula is C12H15NO2S. The summed E-state index contributed by atoms with van der Waals surface area (Å²) in [5.74, 6) is 1.41. The fourth-order valence-electron chi connectivity index (χ4n) is 1.21. The van der Waals surface area contributed by atoms with Gasteiger partial charge in [-0.3, -0.25) is 4.79 Å². The van der Waals surface area contributed by atoms with E-state index >= 15 is 0 Å². The number of rotatable bonds is 4. The van der Waals surface area contributed by atoms with Gasteiger partial charge in [-0.05, 0) is 12.1 Å². The van der Waals surface area contributed by atoms with E-state index < -0.39 is 0 Å². The zero-order chi connectivity index (χ0) is 12.0. The van der Waals surface area contributed by atoms with Crippen LogP contribution in [0.4, 0.5) is 5.69 Å². The van der Waals surface area contributed by atoms with Gasteiger partial charge in [0.25, 0.3) is 0 Å². The predicted octanol–water partition coefficient (Wildman–Crippen LogP) is 2.57. The van der Waals surface area contributed by atoms with Crippen molar-refractivity contribution < 1.29 is 9.53 Å². The van der Waals surface area contributed by atoms with Gasteiger partial charge in [-0.25, -0.2) is 0 Å². The molecule has 0 aromatic heterocycles. The zero-order valence-corrected chi connectivity index (χ0v) is 10.2. The van der Waals surface area contributed by atoms with Crippen LogP contribution in [0.1, 0.15) is 12.5 Å². The molecule has 0 spiro atoms. The van der Waals surface area contributed by atoms with Crippen molar-refractivity contribution in [2.45, 2.75) is 6.92 Å². The molecule has 0 aliphatic heterocycles. The number of ether oxygens (including phenoxy) is 1. The third-order valence-corrected chi connectivity index (χ3v) is 2.70. The molecule has 0 heterocycles. The van der Waals surface area contributed by atoms with Gasteiger partial charge >= 0.3 is 0 Å². The van der Waals surface area contributed by atoms with Crippen molar-refractivity contribution >= 4 is 28.6 Å². The van der Waals surface area contributed by atoms with Crippen molar-refractivity contribution in [1.82, 2.24) is 0 Å². The minimum absolute atomic E-state index is 0.119. The van der Waals surface area contributed by atoms with E-state index in [1.54, 1.807) is 20.1 Å². The lowest BCUT2D eigenvalue weighted by molar-refractivity contribution is -0.109. The first-order chi connectivity index (χ1) is 7.63. The highest BCUT2D eigenvalue weighted by Crippen LogP contribution is 2.22. The highest BCUT2D eigenvalue weighted by atomic mass is 32.2. The summed E-state index contributed by atoms with van der Waals surface area (Å²) in [6.07, 6.45) is 3.86. The molecular weight excluding hydrogens is 222 g/mol. The fraction of sp³-hybridized carbons (Fsp3) is 0.250. The number of nitrogens with two attached hydrogens (primary N) is 1. The van der Waals surface area contributed by atoms with Crippen LogP contribution in [0.25, 0.3) is 6.08 Å². The Morgan fingerprint density at radius 3 is 2.94 bits per heavy atom. The molecule has 0 aliphatic carbocycles. The van der Waals surface area contributed by atoms with Crippen molar-refractivity contribution in [3.8, 4) is 5.75 Å². The molecule has 0 atom stereocenters. The molecule has 4 heteroatoms. The summed E-state index contributed by atoms with van der Waals surface area (Å²) in [5.41, 5.74) is 7.28. The zero-order valence-electron chi connectivity index (χ0n) is 9.40. The van der Waals surface area contributed by atoms with Crippen LogP contribution in [0.2, 0.25) is 0 Å². The Morgan fingerprint density at radius 1 is 1.56 bits per heavy atom. The molecule has 0 fully saturated rings. The number of methoxy groups -OCH3 is 1. The number of hydrogen-bond donors (Lipinski definition) is 1. The molecule has 0 aliphatic rings. The van der Waals surface area contributed by atoms with E-state index in [9.17, 15) is 4.79 Å². The van der Waals surface area contributed by atoms with E-state index in [1.807, 2.05) is 24.3 Å². The van der Waals surface area contributed by atoms with E-state index in [1.165, 1.54) is 11.8 Å². The van der Waals surface area contributed by atoms with E-state index in [4.69, 9.17) is 10.5 Å². The summed E-state index contributed by atoms with van der Waals surface area (Å²) in [4.78, 5) is 10.7. The van der Waals surface area contributed by atoms with Gasteiger partial charge in [0.05, 0.1) is 7.11 Å². The monoisotopic (exact) mass is 237 g/mol. The minimum atomic E-state index is 0.119. The minimum Gasteiger partial charge on any atom is -0.496 e. The highest BCUT2D eigenvalue weighted by Gasteiger charge is 1.99. The predicted molar refractivity (Wildman–Crippen MR) is 69.6 cm³/mol. The van der Waals surface area contributed by atoms with Crippen LogP contribution in [-0.2, 0) is 4.79 Å². The van der Waals surface area contributed by atoms with E-state index in [0.29, 0.717) is 11.4 Å². The van der Waals surface area contributed by atoms with Gasteiger partial charge in [0.1, 0.15) is 5.75 Å². The van der Waals surface area contributed by atoms with Gasteiger partial charge < -0.3 is 10.5 Å². The average Bonchev–Trinajstić information content (AvgIpc) is 2.25. The third kappa shape index (κ3) is 3.98. The van der Waals surface area contributed by atoms with Crippen molar-refractivity contribution in [3.05, 3.63) is 29.8 Å². The SMILES string of the molecule is COc1cc(N)ccc1C=CCSC(C)=O. The Kier molecular flexibility index (Phi) is 4.92. The van der Waals surface area contributed by atoms with E-state index in [0.717, 1.165) is 11.3 Å². The van der Waals surface area contributed by atoms with Crippen LogP contribution in [0, 0.1) is 0 Å². The Hall–Kier alpha value is -1.42. The van der Waals surface area contributed by atoms with E-state index in [-0.39, 0.29) is 5.12 Å². The quantitative estimate of drug-likeness (QED) is 0.818. The second-order valence-corrected chi connectivity index (χ2v) is 4.40. The second kappa shape index (κ2) is 6.23. The standard InChI is InChI=1S/C12H15NO2S/c1-9(14)16-7-3-4-10-5-6-11(13)8-12(10)15-2/h3-6,8H,7,13H2,1-2H3. The molecule has 0 saturated heterocycles. The van der Waals surface area contributed by atoms with Gasteiger partial charge in [0.15, 0.2) is 5.12 Å². The first kappa shape index (κ1) is 12.6. The third-order valence-electron chi connectivity index (χ3n) is 1.94. The first-order valence-corrected chi connectivity index (χ1v) is 5.85. The maximum atomic E-state index is 10.7. The van der Waals surface area contributed by atoms with Crippen LogP contribution < -0.4 is 10.5 Å². The fourth-order valence-corrected chi connectivity index (χ4v) is 1.63. The molecule has 0 radical (unpaired) electrons. The van der Waals surface area contributed by atoms with Crippen LogP contribution >= 0.6 is 11.8 Å². The van der Waals surface area contributed by atoms with Crippen molar-refractivity contribution in [1.29, 1.82) is 0 Å². The number of carbonyl (C=O) groups excluding carboxylic acids is 1. The largest absolute Gasteiger partial charge is 0.496 e. The smallest absolute Gasteiger partial charge is 0.186 e.